The molecule has 0 aliphatic carbocycles. The number of thioether (sulfide) groups is 1. The maximum Gasteiger partial charge on any atom is 0.220 e. The molecule has 2 rings (SSSR count). The molecule has 1 amide bonds. The van der Waals surface area contributed by atoms with Crippen molar-refractivity contribution in [3.63, 3.8) is 0 Å². The van der Waals surface area contributed by atoms with Gasteiger partial charge in [-0.05, 0) is 18.2 Å². The standard InChI is InChI=1S/C12H17NO3S.C6H6/c1-4-12(14)13-8-17-9-5-6-10(15-2)11(7-9)16-3;1-2-4-6-5-3-1/h5-7H,4,8H2,1-3H3,(H,13,14);1-6H. The van der Waals surface area contributed by atoms with Crippen LogP contribution in [0.5, 0.6) is 11.5 Å². The highest BCUT2D eigenvalue weighted by Crippen LogP contribution is 2.31. The lowest BCUT2D eigenvalue weighted by atomic mass is 10.3. The van der Waals surface area contributed by atoms with Crippen molar-refractivity contribution in [2.75, 3.05) is 20.1 Å². The summed E-state index contributed by atoms with van der Waals surface area (Å²) in [5.74, 6) is 2.01. The van der Waals surface area contributed by atoms with Gasteiger partial charge in [-0.15, -0.1) is 11.8 Å². The predicted molar refractivity (Wildman–Crippen MR) is 95.1 cm³/mol. The lowest BCUT2D eigenvalue weighted by molar-refractivity contribution is -0.120. The maximum absolute atomic E-state index is 11.1. The van der Waals surface area contributed by atoms with Crippen molar-refractivity contribution >= 4 is 17.7 Å². The van der Waals surface area contributed by atoms with E-state index in [2.05, 4.69) is 5.32 Å². The topological polar surface area (TPSA) is 47.6 Å². The molecule has 5 heteroatoms. The van der Waals surface area contributed by atoms with Crippen molar-refractivity contribution in [3.05, 3.63) is 54.6 Å². The fourth-order valence-electron chi connectivity index (χ4n) is 1.62. The Morgan fingerprint density at radius 1 is 1.00 bits per heavy atom. The van der Waals surface area contributed by atoms with Crippen molar-refractivity contribution in [2.45, 2.75) is 18.2 Å². The fourth-order valence-corrected chi connectivity index (χ4v) is 2.37. The number of benzene rings is 2. The van der Waals surface area contributed by atoms with Crippen LogP contribution in [0.25, 0.3) is 0 Å². The van der Waals surface area contributed by atoms with Crippen LogP contribution < -0.4 is 14.8 Å². The summed E-state index contributed by atoms with van der Waals surface area (Å²) in [6.45, 7) is 1.83. The zero-order valence-corrected chi connectivity index (χ0v) is 14.6. The molecular weight excluding hydrogens is 310 g/mol. The molecular formula is C18H23NO3S. The molecule has 4 nitrogen and oxygen atoms in total. The summed E-state index contributed by atoms with van der Waals surface area (Å²) in [7, 11) is 3.21. The van der Waals surface area contributed by atoms with Gasteiger partial charge >= 0.3 is 0 Å². The Hall–Kier alpha value is -2.14. The highest BCUT2D eigenvalue weighted by Gasteiger charge is 2.05. The van der Waals surface area contributed by atoms with Crippen LogP contribution >= 0.6 is 11.8 Å². The van der Waals surface area contributed by atoms with Gasteiger partial charge in [0.05, 0.1) is 20.1 Å². The highest BCUT2D eigenvalue weighted by molar-refractivity contribution is 7.99. The van der Waals surface area contributed by atoms with Crippen LogP contribution in [0.1, 0.15) is 13.3 Å². The second-order valence-electron chi connectivity index (χ2n) is 4.41. The average Bonchev–Trinajstić information content (AvgIpc) is 2.63. The monoisotopic (exact) mass is 333 g/mol. The second-order valence-corrected chi connectivity index (χ2v) is 5.46. The quantitative estimate of drug-likeness (QED) is 0.642. The van der Waals surface area contributed by atoms with Crippen LogP contribution in [-0.2, 0) is 4.79 Å². The first-order valence-electron chi connectivity index (χ1n) is 7.32. The summed E-state index contributed by atoms with van der Waals surface area (Å²) in [6, 6.07) is 17.7. The van der Waals surface area contributed by atoms with Gasteiger partial charge in [0.25, 0.3) is 0 Å². The normalized spacial score (nSPS) is 9.35. The first-order valence-corrected chi connectivity index (χ1v) is 8.31. The van der Waals surface area contributed by atoms with Crippen LogP contribution in [0.3, 0.4) is 0 Å². The number of rotatable bonds is 6. The third-order valence-electron chi connectivity index (χ3n) is 2.85. The molecule has 0 bridgehead atoms. The fraction of sp³-hybridized carbons (Fsp3) is 0.278. The molecule has 0 radical (unpaired) electrons. The molecule has 0 unspecified atom stereocenters. The second kappa shape index (κ2) is 11.4. The first kappa shape index (κ1) is 18.9. The zero-order valence-electron chi connectivity index (χ0n) is 13.7. The summed E-state index contributed by atoms with van der Waals surface area (Å²) in [5, 5.41) is 2.80. The Morgan fingerprint density at radius 3 is 2.04 bits per heavy atom. The smallest absolute Gasteiger partial charge is 0.220 e. The Balaban J connectivity index is 0.000000366. The Morgan fingerprint density at radius 2 is 1.57 bits per heavy atom. The van der Waals surface area contributed by atoms with Gasteiger partial charge < -0.3 is 14.8 Å². The van der Waals surface area contributed by atoms with Gasteiger partial charge in [0, 0.05) is 11.3 Å². The van der Waals surface area contributed by atoms with E-state index in [4.69, 9.17) is 9.47 Å². The third-order valence-corrected chi connectivity index (χ3v) is 3.73. The molecule has 0 heterocycles. The van der Waals surface area contributed by atoms with Gasteiger partial charge in [-0.25, -0.2) is 0 Å². The molecule has 0 atom stereocenters. The van der Waals surface area contributed by atoms with E-state index in [0.717, 1.165) is 4.90 Å². The van der Waals surface area contributed by atoms with Gasteiger partial charge in [-0.2, -0.15) is 0 Å². The number of nitrogens with one attached hydrogen (secondary N) is 1. The van der Waals surface area contributed by atoms with Gasteiger partial charge in [-0.1, -0.05) is 43.3 Å². The number of ether oxygens (including phenoxy) is 2. The lowest BCUT2D eigenvalue weighted by Crippen LogP contribution is -2.21. The molecule has 124 valence electrons. The van der Waals surface area contributed by atoms with Crippen molar-refractivity contribution in [1.29, 1.82) is 0 Å². The molecule has 0 saturated carbocycles. The number of carbonyl (C=O) groups excluding carboxylic acids is 1. The summed E-state index contributed by atoms with van der Waals surface area (Å²) in [4.78, 5) is 12.1. The first-order chi connectivity index (χ1) is 11.2. The molecule has 0 aliphatic rings. The van der Waals surface area contributed by atoms with E-state index < -0.39 is 0 Å². The van der Waals surface area contributed by atoms with E-state index in [1.54, 1.807) is 26.0 Å². The van der Waals surface area contributed by atoms with E-state index >= 15 is 0 Å². The number of amides is 1. The van der Waals surface area contributed by atoms with Gasteiger partial charge in [0.15, 0.2) is 11.5 Å². The Kier molecular flexibility index (Phi) is 9.40. The van der Waals surface area contributed by atoms with Gasteiger partial charge in [0.1, 0.15) is 0 Å². The molecule has 0 spiro atoms. The van der Waals surface area contributed by atoms with E-state index in [1.165, 1.54) is 0 Å². The van der Waals surface area contributed by atoms with Gasteiger partial charge in [-0.3, -0.25) is 4.79 Å². The maximum atomic E-state index is 11.1. The predicted octanol–water partition coefficient (Wildman–Crippen LogP) is 3.97. The number of hydrogen-bond acceptors (Lipinski definition) is 4. The number of hydrogen-bond donors (Lipinski definition) is 1. The van der Waals surface area contributed by atoms with Crippen LogP contribution in [0.4, 0.5) is 0 Å². The molecule has 2 aromatic rings. The van der Waals surface area contributed by atoms with Crippen LogP contribution in [0.2, 0.25) is 0 Å². The summed E-state index contributed by atoms with van der Waals surface area (Å²) < 4.78 is 10.3. The van der Waals surface area contributed by atoms with Gasteiger partial charge in [0.2, 0.25) is 5.91 Å². The van der Waals surface area contributed by atoms with E-state index in [0.29, 0.717) is 23.8 Å². The van der Waals surface area contributed by atoms with Crippen molar-refractivity contribution in [1.82, 2.24) is 5.32 Å². The number of methoxy groups -OCH3 is 2. The van der Waals surface area contributed by atoms with E-state index in [1.807, 2.05) is 61.5 Å². The molecule has 0 aromatic heterocycles. The largest absolute Gasteiger partial charge is 0.493 e. The summed E-state index contributed by atoms with van der Waals surface area (Å²) in [5.41, 5.74) is 0. The highest BCUT2D eigenvalue weighted by atomic mass is 32.2. The minimum atomic E-state index is 0.0537. The molecule has 1 N–H and O–H groups in total. The third kappa shape index (κ3) is 7.61. The SMILES string of the molecule is CCC(=O)NCSc1ccc(OC)c(OC)c1.c1ccccc1. The Bertz CT molecular complexity index is 549. The average molecular weight is 333 g/mol. The van der Waals surface area contributed by atoms with Crippen LogP contribution in [0, 0.1) is 0 Å². The molecule has 0 saturated heterocycles. The zero-order chi connectivity index (χ0) is 16.9. The Labute approximate surface area is 142 Å². The van der Waals surface area contributed by atoms with Crippen molar-refractivity contribution in [3.8, 4) is 11.5 Å². The summed E-state index contributed by atoms with van der Waals surface area (Å²) >= 11 is 1.55. The van der Waals surface area contributed by atoms with Crippen LogP contribution in [0.15, 0.2) is 59.5 Å². The van der Waals surface area contributed by atoms with Crippen LogP contribution in [-0.4, -0.2) is 26.0 Å². The van der Waals surface area contributed by atoms with E-state index in [-0.39, 0.29) is 5.91 Å². The summed E-state index contributed by atoms with van der Waals surface area (Å²) in [6.07, 6.45) is 0.506. The minimum absolute atomic E-state index is 0.0537. The lowest BCUT2D eigenvalue weighted by Gasteiger charge is -2.09. The van der Waals surface area contributed by atoms with E-state index in [9.17, 15) is 4.79 Å². The molecule has 0 aliphatic heterocycles. The molecule has 23 heavy (non-hydrogen) atoms. The number of carbonyl (C=O) groups is 1. The van der Waals surface area contributed by atoms with Crippen molar-refractivity contribution < 1.29 is 14.3 Å². The minimum Gasteiger partial charge on any atom is -0.493 e. The molecule has 0 fully saturated rings. The van der Waals surface area contributed by atoms with Crippen molar-refractivity contribution in [2.24, 2.45) is 0 Å². The molecule has 2 aromatic carbocycles.